The summed E-state index contributed by atoms with van der Waals surface area (Å²) in [5.41, 5.74) is 5.94. The van der Waals surface area contributed by atoms with E-state index in [0.29, 0.717) is 5.02 Å². The van der Waals surface area contributed by atoms with Crippen molar-refractivity contribution >= 4 is 11.6 Å². The van der Waals surface area contributed by atoms with Gasteiger partial charge in [0.2, 0.25) is 0 Å². The molecule has 0 radical (unpaired) electrons. The Labute approximate surface area is 125 Å². The van der Waals surface area contributed by atoms with Gasteiger partial charge in [0.25, 0.3) is 0 Å². The quantitative estimate of drug-likeness (QED) is 0.905. The third-order valence-corrected chi connectivity index (χ3v) is 3.10. The van der Waals surface area contributed by atoms with E-state index in [9.17, 15) is 13.2 Å². The second-order valence-corrected chi connectivity index (χ2v) is 4.93. The van der Waals surface area contributed by atoms with Crippen LogP contribution in [0.4, 0.5) is 13.2 Å². The number of ether oxygens (including phenoxy) is 1. The number of nitrogens with two attached hydrogens (primary N) is 1. The molecule has 0 heterocycles. The second-order valence-electron chi connectivity index (χ2n) is 4.50. The van der Waals surface area contributed by atoms with Crippen molar-refractivity contribution in [2.75, 3.05) is 6.61 Å². The van der Waals surface area contributed by atoms with Gasteiger partial charge >= 0.3 is 6.18 Å². The topological polar surface area (TPSA) is 35.2 Å². The smallest absolute Gasteiger partial charge is 0.416 e. The van der Waals surface area contributed by atoms with Crippen molar-refractivity contribution in [3.63, 3.8) is 0 Å². The van der Waals surface area contributed by atoms with Crippen molar-refractivity contribution in [2.45, 2.75) is 12.2 Å². The second kappa shape index (κ2) is 6.37. The molecule has 0 aromatic heterocycles. The third-order valence-electron chi connectivity index (χ3n) is 2.87. The van der Waals surface area contributed by atoms with E-state index in [2.05, 4.69) is 0 Å². The summed E-state index contributed by atoms with van der Waals surface area (Å²) in [5.74, 6) is 0.127. The van der Waals surface area contributed by atoms with Gasteiger partial charge in [-0.2, -0.15) is 13.2 Å². The molecule has 112 valence electrons. The number of alkyl halides is 3. The van der Waals surface area contributed by atoms with E-state index in [1.807, 2.05) is 0 Å². The van der Waals surface area contributed by atoms with Gasteiger partial charge < -0.3 is 10.5 Å². The van der Waals surface area contributed by atoms with Crippen molar-refractivity contribution in [3.8, 4) is 5.75 Å². The van der Waals surface area contributed by atoms with Gasteiger partial charge in [-0.15, -0.1) is 0 Å². The Morgan fingerprint density at radius 1 is 1.10 bits per heavy atom. The molecule has 0 saturated carbocycles. The molecule has 2 aromatic carbocycles. The fourth-order valence-electron chi connectivity index (χ4n) is 1.78. The van der Waals surface area contributed by atoms with E-state index in [4.69, 9.17) is 22.1 Å². The molecule has 21 heavy (non-hydrogen) atoms. The molecular weight excluding hydrogens is 303 g/mol. The van der Waals surface area contributed by atoms with Crippen LogP contribution >= 0.6 is 11.6 Å². The maximum absolute atomic E-state index is 12.6. The number of hydrogen-bond donors (Lipinski definition) is 1. The van der Waals surface area contributed by atoms with Gasteiger partial charge in [0.1, 0.15) is 12.4 Å². The first-order valence-electron chi connectivity index (χ1n) is 6.17. The minimum Gasteiger partial charge on any atom is -0.492 e. The molecule has 0 aliphatic carbocycles. The summed E-state index contributed by atoms with van der Waals surface area (Å²) in [6.07, 6.45) is -4.39. The van der Waals surface area contributed by atoms with E-state index in [1.54, 1.807) is 24.3 Å². The normalized spacial score (nSPS) is 13.0. The van der Waals surface area contributed by atoms with Crippen LogP contribution in [-0.2, 0) is 6.18 Å². The van der Waals surface area contributed by atoms with Crippen molar-refractivity contribution < 1.29 is 17.9 Å². The fourth-order valence-corrected chi connectivity index (χ4v) is 1.98. The van der Waals surface area contributed by atoms with Crippen LogP contribution in [0.25, 0.3) is 0 Å². The van der Waals surface area contributed by atoms with Crippen LogP contribution in [-0.4, -0.2) is 6.61 Å². The highest BCUT2D eigenvalue weighted by Gasteiger charge is 2.30. The highest BCUT2D eigenvalue weighted by Crippen LogP contribution is 2.31. The van der Waals surface area contributed by atoms with Gasteiger partial charge in [-0.05, 0) is 35.9 Å². The average molecular weight is 316 g/mol. The molecular formula is C15H13ClF3NO. The molecule has 1 unspecified atom stereocenters. The van der Waals surface area contributed by atoms with E-state index in [1.165, 1.54) is 12.1 Å². The van der Waals surface area contributed by atoms with E-state index in [0.717, 1.165) is 17.7 Å². The molecule has 2 nitrogen and oxygen atoms in total. The number of hydrogen-bond acceptors (Lipinski definition) is 2. The predicted octanol–water partition coefficient (Wildman–Crippen LogP) is 4.44. The Bertz CT molecular complexity index is 616. The molecule has 2 rings (SSSR count). The lowest BCUT2D eigenvalue weighted by Gasteiger charge is -2.15. The SMILES string of the molecule is NC(COc1cccc(C(F)(F)F)c1)c1cccc(Cl)c1. The van der Waals surface area contributed by atoms with Gasteiger partial charge in [-0.3, -0.25) is 0 Å². The van der Waals surface area contributed by atoms with Gasteiger partial charge in [-0.1, -0.05) is 29.8 Å². The zero-order valence-corrected chi connectivity index (χ0v) is 11.7. The first kappa shape index (κ1) is 15.7. The fraction of sp³-hybridized carbons (Fsp3) is 0.200. The lowest BCUT2D eigenvalue weighted by molar-refractivity contribution is -0.137. The van der Waals surface area contributed by atoms with Crippen LogP contribution in [0.1, 0.15) is 17.2 Å². The van der Waals surface area contributed by atoms with Crippen LogP contribution in [0.5, 0.6) is 5.75 Å². The Hall–Kier alpha value is -1.72. The first-order valence-corrected chi connectivity index (χ1v) is 6.55. The predicted molar refractivity (Wildman–Crippen MR) is 75.3 cm³/mol. The van der Waals surface area contributed by atoms with Crippen LogP contribution in [0.2, 0.25) is 5.02 Å². The molecule has 1 atom stereocenters. The molecule has 0 bridgehead atoms. The van der Waals surface area contributed by atoms with Crippen LogP contribution < -0.4 is 10.5 Å². The molecule has 0 fully saturated rings. The first-order chi connectivity index (χ1) is 9.86. The van der Waals surface area contributed by atoms with Gasteiger partial charge in [0.15, 0.2) is 0 Å². The zero-order chi connectivity index (χ0) is 15.5. The highest BCUT2D eigenvalue weighted by atomic mass is 35.5. The summed E-state index contributed by atoms with van der Waals surface area (Å²) in [6.45, 7) is 0.0572. The number of halogens is 4. The van der Waals surface area contributed by atoms with Crippen LogP contribution in [0, 0.1) is 0 Å². The van der Waals surface area contributed by atoms with Crippen molar-refractivity contribution in [1.29, 1.82) is 0 Å². The summed E-state index contributed by atoms with van der Waals surface area (Å²) in [6, 6.07) is 11.2. The lowest BCUT2D eigenvalue weighted by atomic mass is 10.1. The monoisotopic (exact) mass is 315 g/mol. The largest absolute Gasteiger partial charge is 0.492 e. The Kier molecular flexibility index (Phi) is 4.75. The Morgan fingerprint density at radius 3 is 2.48 bits per heavy atom. The van der Waals surface area contributed by atoms with E-state index >= 15 is 0 Å². The number of benzene rings is 2. The number of rotatable bonds is 4. The van der Waals surface area contributed by atoms with Gasteiger partial charge in [0, 0.05) is 5.02 Å². The molecule has 0 aliphatic heterocycles. The summed E-state index contributed by atoms with van der Waals surface area (Å²) in [7, 11) is 0. The summed E-state index contributed by atoms with van der Waals surface area (Å²) in [5, 5.41) is 0.544. The Balaban J connectivity index is 2.03. The van der Waals surface area contributed by atoms with Gasteiger partial charge in [-0.25, -0.2) is 0 Å². The van der Waals surface area contributed by atoms with Crippen LogP contribution in [0.15, 0.2) is 48.5 Å². The third kappa shape index (κ3) is 4.37. The van der Waals surface area contributed by atoms with E-state index in [-0.39, 0.29) is 12.4 Å². The average Bonchev–Trinajstić information content (AvgIpc) is 2.44. The summed E-state index contributed by atoms with van der Waals surface area (Å²) < 4.78 is 43.1. The van der Waals surface area contributed by atoms with Gasteiger partial charge in [0.05, 0.1) is 11.6 Å². The lowest BCUT2D eigenvalue weighted by Crippen LogP contribution is -2.19. The molecule has 2 aromatic rings. The van der Waals surface area contributed by atoms with E-state index < -0.39 is 17.8 Å². The van der Waals surface area contributed by atoms with Crippen molar-refractivity contribution in [3.05, 3.63) is 64.7 Å². The maximum Gasteiger partial charge on any atom is 0.416 e. The molecule has 6 heteroatoms. The minimum atomic E-state index is -4.39. The Morgan fingerprint density at radius 2 is 1.81 bits per heavy atom. The molecule has 0 spiro atoms. The molecule has 0 aliphatic rings. The highest BCUT2D eigenvalue weighted by molar-refractivity contribution is 6.30. The summed E-state index contributed by atoms with van der Waals surface area (Å²) >= 11 is 5.86. The van der Waals surface area contributed by atoms with Crippen molar-refractivity contribution in [1.82, 2.24) is 0 Å². The minimum absolute atomic E-state index is 0.0572. The zero-order valence-electron chi connectivity index (χ0n) is 10.9. The van der Waals surface area contributed by atoms with Crippen LogP contribution in [0.3, 0.4) is 0 Å². The molecule has 0 amide bonds. The van der Waals surface area contributed by atoms with Crippen molar-refractivity contribution in [2.24, 2.45) is 5.73 Å². The molecule has 2 N–H and O–H groups in total. The maximum atomic E-state index is 12.6. The molecule has 0 saturated heterocycles. The summed E-state index contributed by atoms with van der Waals surface area (Å²) in [4.78, 5) is 0. The standard InChI is InChI=1S/C15H13ClF3NO/c16-12-5-1-3-10(7-12)14(20)9-21-13-6-2-4-11(8-13)15(17,18)19/h1-8,14H,9,20H2.